The molecule has 0 radical (unpaired) electrons. The first-order chi connectivity index (χ1) is 9.58. The molecule has 2 atom stereocenters. The molecule has 1 heterocycles. The normalized spacial score (nSPS) is 27.9. The summed E-state index contributed by atoms with van der Waals surface area (Å²) in [7, 11) is -3.47. The summed E-state index contributed by atoms with van der Waals surface area (Å²) >= 11 is 0. The molecule has 1 spiro atoms. The van der Waals surface area contributed by atoms with Crippen LogP contribution in [0.3, 0.4) is 0 Å². The lowest BCUT2D eigenvalue weighted by Gasteiger charge is -2.60. The fourth-order valence-electron chi connectivity index (χ4n) is 3.36. The van der Waals surface area contributed by atoms with Gasteiger partial charge >= 0.3 is 0 Å². The van der Waals surface area contributed by atoms with Gasteiger partial charge in [0.1, 0.15) is 4.90 Å². The first-order valence-corrected chi connectivity index (χ1v) is 8.61. The van der Waals surface area contributed by atoms with Crippen LogP contribution in [0.1, 0.15) is 32.6 Å². The summed E-state index contributed by atoms with van der Waals surface area (Å²) in [5, 5.41) is 0. The van der Waals surface area contributed by atoms with Gasteiger partial charge in [0.25, 0.3) is 0 Å². The lowest BCUT2D eigenvalue weighted by Crippen LogP contribution is -2.67. The fourth-order valence-corrected chi connectivity index (χ4v) is 4.66. The standard InChI is InChI=1S/C14H20N2O3S/c1-2-19-13-9-12(14(13)6-4-7-14)16-20(17,18)11-5-3-8-15-10-11/h3,5,8,10,12-13,16H,2,4,6-7,9H2,1H3/t12-,13-/m1/s1. The van der Waals surface area contributed by atoms with Crippen LogP contribution in [-0.4, -0.2) is 32.2 Å². The highest BCUT2D eigenvalue weighted by molar-refractivity contribution is 7.89. The molecule has 5 nitrogen and oxygen atoms in total. The smallest absolute Gasteiger partial charge is 0.242 e. The first-order valence-electron chi connectivity index (χ1n) is 7.12. The molecule has 110 valence electrons. The van der Waals surface area contributed by atoms with Gasteiger partial charge in [-0.15, -0.1) is 0 Å². The third-order valence-corrected chi connectivity index (χ3v) is 6.14. The van der Waals surface area contributed by atoms with E-state index >= 15 is 0 Å². The summed E-state index contributed by atoms with van der Waals surface area (Å²) in [5.41, 5.74) is 0.0330. The van der Waals surface area contributed by atoms with Crippen molar-refractivity contribution in [3.8, 4) is 0 Å². The Morgan fingerprint density at radius 2 is 2.30 bits per heavy atom. The Morgan fingerprint density at radius 3 is 2.85 bits per heavy atom. The lowest BCUT2D eigenvalue weighted by atomic mass is 9.51. The summed E-state index contributed by atoms with van der Waals surface area (Å²) in [5.74, 6) is 0. The van der Waals surface area contributed by atoms with E-state index in [9.17, 15) is 8.42 Å². The highest BCUT2D eigenvalue weighted by Crippen LogP contribution is 2.57. The second-order valence-corrected chi connectivity index (χ2v) is 7.34. The van der Waals surface area contributed by atoms with Crippen LogP contribution in [0.25, 0.3) is 0 Å². The van der Waals surface area contributed by atoms with E-state index in [1.165, 1.54) is 6.20 Å². The van der Waals surface area contributed by atoms with E-state index in [0.717, 1.165) is 25.7 Å². The van der Waals surface area contributed by atoms with Crippen LogP contribution in [0.4, 0.5) is 0 Å². The zero-order valence-electron chi connectivity index (χ0n) is 11.6. The van der Waals surface area contributed by atoms with Crippen LogP contribution in [0.2, 0.25) is 0 Å². The predicted octanol–water partition coefficient (Wildman–Crippen LogP) is 1.71. The van der Waals surface area contributed by atoms with Crippen molar-refractivity contribution in [1.29, 1.82) is 0 Å². The molecule has 0 amide bonds. The first kappa shape index (κ1) is 14.0. The molecular formula is C14H20N2O3S. The van der Waals surface area contributed by atoms with Gasteiger partial charge < -0.3 is 4.74 Å². The molecule has 1 N–H and O–H groups in total. The Hall–Kier alpha value is -0.980. The van der Waals surface area contributed by atoms with Crippen molar-refractivity contribution in [1.82, 2.24) is 9.71 Å². The van der Waals surface area contributed by atoms with E-state index in [1.807, 2.05) is 6.92 Å². The monoisotopic (exact) mass is 296 g/mol. The van der Waals surface area contributed by atoms with Crippen molar-refractivity contribution in [2.75, 3.05) is 6.61 Å². The van der Waals surface area contributed by atoms with E-state index in [1.54, 1.807) is 18.3 Å². The van der Waals surface area contributed by atoms with Crippen molar-refractivity contribution >= 4 is 10.0 Å². The molecule has 6 heteroatoms. The number of nitrogens with zero attached hydrogens (tertiary/aromatic N) is 1. The SMILES string of the molecule is CCO[C@@H]1C[C@@H](NS(=O)(=O)c2cccnc2)C12CCC2. The number of nitrogens with one attached hydrogen (secondary N) is 1. The maximum atomic E-state index is 12.3. The average Bonchev–Trinajstić information content (AvgIpc) is 2.36. The van der Waals surface area contributed by atoms with Crippen LogP contribution in [0.5, 0.6) is 0 Å². The maximum absolute atomic E-state index is 12.3. The third kappa shape index (κ3) is 2.16. The minimum atomic E-state index is -3.47. The number of pyridine rings is 1. The second kappa shape index (κ2) is 5.09. The number of hydrogen-bond donors (Lipinski definition) is 1. The van der Waals surface area contributed by atoms with E-state index in [4.69, 9.17) is 4.74 Å². The Morgan fingerprint density at radius 1 is 1.50 bits per heavy atom. The van der Waals surface area contributed by atoms with Gasteiger partial charge in [0, 0.05) is 30.5 Å². The number of rotatable bonds is 5. The van der Waals surface area contributed by atoms with E-state index < -0.39 is 10.0 Å². The fraction of sp³-hybridized carbons (Fsp3) is 0.643. The van der Waals surface area contributed by atoms with Gasteiger partial charge in [-0.1, -0.05) is 6.42 Å². The van der Waals surface area contributed by atoms with Gasteiger partial charge in [-0.25, -0.2) is 13.1 Å². The molecule has 2 fully saturated rings. The summed E-state index contributed by atoms with van der Waals surface area (Å²) < 4.78 is 33.3. The summed E-state index contributed by atoms with van der Waals surface area (Å²) in [6.07, 6.45) is 7.20. The van der Waals surface area contributed by atoms with Crippen LogP contribution >= 0.6 is 0 Å². The van der Waals surface area contributed by atoms with Gasteiger partial charge in [-0.3, -0.25) is 4.98 Å². The van der Waals surface area contributed by atoms with Crippen LogP contribution in [0.15, 0.2) is 29.4 Å². The molecule has 0 aliphatic heterocycles. The van der Waals surface area contributed by atoms with Crippen molar-refractivity contribution in [3.63, 3.8) is 0 Å². The molecule has 0 unspecified atom stereocenters. The zero-order valence-corrected chi connectivity index (χ0v) is 12.4. The van der Waals surface area contributed by atoms with Gasteiger partial charge in [0.15, 0.2) is 0 Å². The average molecular weight is 296 g/mol. The molecule has 1 aromatic rings. The highest BCUT2D eigenvalue weighted by Gasteiger charge is 2.59. The number of sulfonamides is 1. The van der Waals surface area contributed by atoms with Crippen molar-refractivity contribution in [2.24, 2.45) is 5.41 Å². The summed E-state index contributed by atoms with van der Waals surface area (Å²) in [6.45, 7) is 2.67. The van der Waals surface area contributed by atoms with E-state index in [-0.39, 0.29) is 22.5 Å². The predicted molar refractivity (Wildman–Crippen MR) is 74.7 cm³/mol. The Balaban J connectivity index is 1.73. The van der Waals surface area contributed by atoms with Crippen molar-refractivity contribution in [2.45, 2.75) is 49.6 Å². The molecule has 2 aliphatic rings. The minimum Gasteiger partial charge on any atom is -0.378 e. The van der Waals surface area contributed by atoms with Gasteiger partial charge in [-0.05, 0) is 38.3 Å². The van der Waals surface area contributed by atoms with Crippen LogP contribution in [-0.2, 0) is 14.8 Å². The minimum absolute atomic E-state index is 0.00185. The molecule has 2 aliphatic carbocycles. The van der Waals surface area contributed by atoms with Gasteiger partial charge in [0.2, 0.25) is 10.0 Å². The van der Waals surface area contributed by atoms with Gasteiger partial charge in [0.05, 0.1) is 6.10 Å². The third-order valence-electron chi connectivity index (χ3n) is 4.68. The number of hydrogen-bond acceptors (Lipinski definition) is 4. The molecule has 1 aromatic heterocycles. The molecule has 0 bridgehead atoms. The molecule has 3 rings (SSSR count). The van der Waals surface area contributed by atoms with Crippen LogP contribution in [0, 0.1) is 5.41 Å². The number of aromatic nitrogens is 1. The second-order valence-electron chi connectivity index (χ2n) is 5.63. The molecular weight excluding hydrogens is 276 g/mol. The van der Waals surface area contributed by atoms with Crippen molar-refractivity contribution in [3.05, 3.63) is 24.5 Å². The molecule has 0 aromatic carbocycles. The topological polar surface area (TPSA) is 68.3 Å². The van der Waals surface area contributed by atoms with Crippen molar-refractivity contribution < 1.29 is 13.2 Å². The quantitative estimate of drug-likeness (QED) is 0.898. The lowest BCUT2D eigenvalue weighted by molar-refractivity contribution is -0.167. The Labute approximate surface area is 119 Å². The van der Waals surface area contributed by atoms with Gasteiger partial charge in [-0.2, -0.15) is 0 Å². The zero-order chi connectivity index (χ0) is 14.2. The summed E-state index contributed by atoms with van der Waals surface area (Å²) in [6, 6.07) is 3.21. The van der Waals surface area contributed by atoms with E-state index in [2.05, 4.69) is 9.71 Å². The van der Waals surface area contributed by atoms with E-state index in [0.29, 0.717) is 6.61 Å². The highest BCUT2D eigenvalue weighted by atomic mass is 32.2. The maximum Gasteiger partial charge on any atom is 0.242 e. The largest absolute Gasteiger partial charge is 0.378 e. The molecule has 20 heavy (non-hydrogen) atoms. The molecule has 0 saturated heterocycles. The summed E-state index contributed by atoms with van der Waals surface area (Å²) in [4.78, 5) is 4.10. The molecule has 2 saturated carbocycles. The Kier molecular flexibility index (Phi) is 3.56. The van der Waals surface area contributed by atoms with Crippen LogP contribution < -0.4 is 4.72 Å². The Bertz CT molecular complexity index is 569. The number of ether oxygens (including phenoxy) is 1.